The molecule has 0 saturated carbocycles. The van der Waals surface area contributed by atoms with Crippen LogP contribution in [-0.2, 0) is 0 Å². The van der Waals surface area contributed by atoms with Gasteiger partial charge in [0.05, 0.1) is 0 Å². The molecule has 0 saturated heterocycles. The molecular weight excluding hydrogens is 264 g/mol. The number of alkyl halides is 3. The summed E-state index contributed by atoms with van der Waals surface area (Å²) in [6.07, 6.45) is -3.44. The molecule has 0 aliphatic heterocycles. The number of anilines is 2. The Balaban J connectivity index is 2.07. The van der Waals surface area contributed by atoms with E-state index in [-0.39, 0.29) is 5.75 Å². The number of nitrogens with one attached hydrogen (secondary N) is 1. The van der Waals surface area contributed by atoms with Gasteiger partial charge >= 0.3 is 6.36 Å². The van der Waals surface area contributed by atoms with Crippen LogP contribution in [0.15, 0.2) is 42.6 Å². The van der Waals surface area contributed by atoms with Crippen LogP contribution in [0.4, 0.5) is 28.9 Å². The predicted molar refractivity (Wildman–Crippen MR) is 60.6 cm³/mol. The molecule has 0 atom stereocenters. The van der Waals surface area contributed by atoms with Crippen molar-refractivity contribution in [2.24, 2.45) is 0 Å². The topological polar surface area (TPSA) is 34.1 Å². The molecule has 0 aliphatic rings. The maximum absolute atomic E-state index is 12.8. The SMILES string of the molecule is Fc1cc(Nc2ccc(OC(F)(F)F)cc2)ccn1. The summed E-state index contributed by atoms with van der Waals surface area (Å²) in [5.41, 5.74) is 0.942. The zero-order valence-electron chi connectivity index (χ0n) is 9.41. The van der Waals surface area contributed by atoms with Gasteiger partial charge in [0.25, 0.3) is 0 Å². The van der Waals surface area contributed by atoms with E-state index in [0.717, 1.165) is 12.1 Å². The minimum Gasteiger partial charge on any atom is -0.406 e. The molecule has 1 N–H and O–H groups in total. The highest BCUT2D eigenvalue weighted by Crippen LogP contribution is 2.25. The number of benzene rings is 1. The summed E-state index contributed by atoms with van der Waals surface area (Å²) in [4.78, 5) is 3.38. The standard InChI is InChI=1S/C12H8F4N2O/c13-11-7-9(5-6-17-11)18-8-1-3-10(4-2-8)19-12(14,15)16/h1-7H,(H,17,18). The van der Waals surface area contributed by atoms with Gasteiger partial charge in [-0.05, 0) is 30.3 Å². The molecule has 0 amide bonds. The molecule has 1 aromatic carbocycles. The summed E-state index contributed by atoms with van der Waals surface area (Å²) in [6.45, 7) is 0. The lowest BCUT2D eigenvalue weighted by Gasteiger charge is -2.10. The number of rotatable bonds is 3. The molecule has 0 spiro atoms. The van der Waals surface area contributed by atoms with Gasteiger partial charge in [-0.3, -0.25) is 0 Å². The third-order valence-electron chi connectivity index (χ3n) is 2.10. The van der Waals surface area contributed by atoms with Crippen molar-refractivity contribution in [3.63, 3.8) is 0 Å². The van der Waals surface area contributed by atoms with E-state index >= 15 is 0 Å². The second-order valence-corrected chi connectivity index (χ2v) is 3.56. The molecule has 1 aromatic heterocycles. The quantitative estimate of drug-likeness (QED) is 0.680. The Bertz CT molecular complexity index is 554. The van der Waals surface area contributed by atoms with Crippen LogP contribution in [-0.4, -0.2) is 11.3 Å². The molecule has 3 nitrogen and oxygen atoms in total. The lowest BCUT2D eigenvalue weighted by Crippen LogP contribution is -2.16. The summed E-state index contributed by atoms with van der Waals surface area (Å²) >= 11 is 0. The first-order chi connectivity index (χ1) is 8.92. The van der Waals surface area contributed by atoms with Crippen molar-refractivity contribution in [2.75, 3.05) is 5.32 Å². The van der Waals surface area contributed by atoms with Crippen LogP contribution in [0.5, 0.6) is 5.75 Å². The van der Waals surface area contributed by atoms with E-state index in [9.17, 15) is 17.6 Å². The van der Waals surface area contributed by atoms with E-state index in [1.807, 2.05) is 0 Å². The Morgan fingerprint density at radius 1 is 1.00 bits per heavy atom. The highest BCUT2D eigenvalue weighted by Gasteiger charge is 2.30. The van der Waals surface area contributed by atoms with Crippen LogP contribution in [0.1, 0.15) is 0 Å². The Morgan fingerprint density at radius 2 is 1.68 bits per heavy atom. The fourth-order valence-corrected chi connectivity index (χ4v) is 1.39. The van der Waals surface area contributed by atoms with Crippen molar-refractivity contribution in [1.82, 2.24) is 4.98 Å². The van der Waals surface area contributed by atoms with Crippen LogP contribution in [0.25, 0.3) is 0 Å². The minimum atomic E-state index is -4.72. The first-order valence-corrected chi connectivity index (χ1v) is 5.17. The third-order valence-corrected chi connectivity index (χ3v) is 2.10. The van der Waals surface area contributed by atoms with Gasteiger partial charge in [-0.2, -0.15) is 4.39 Å². The van der Waals surface area contributed by atoms with E-state index in [0.29, 0.717) is 11.4 Å². The molecule has 19 heavy (non-hydrogen) atoms. The number of ether oxygens (including phenoxy) is 1. The van der Waals surface area contributed by atoms with Crippen LogP contribution < -0.4 is 10.1 Å². The van der Waals surface area contributed by atoms with Gasteiger partial charge in [-0.1, -0.05) is 0 Å². The van der Waals surface area contributed by atoms with E-state index in [4.69, 9.17) is 0 Å². The van der Waals surface area contributed by atoms with E-state index in [1.54, 1.807) is 0 Å². The number of pyridine rings is 1. The largest absolute Gasteiger partial charge is 0.573 e. The van der Waals surface area contributed by atoms with Gasteiger partial charge in [0.2, 0.25) is 5.95 Å². The van der Waals surface area contributed by atoms with E-state index in [2.05, 4.69) is 15.0 Å². The molecule has 0 bridgehead atoms. The number of hydrogen-bond donors (Lipinski definition) is 1. The monoisotopic (exact) mass is 272 g/mol. The summed E-state index contributed by atoms with van der Waals surface area (Å²) in [6, 6.07) is 7.79. The minimum absolute atomic E-state index is 0.320. The smallest absolute Gasteiger partial charge is 0.406 e. The Kier molecular flexibility index (Phi) is 3.55. The molecule has 1 heterocycles. The molecule has 0 unspecified atom stereocenters. The Morgan fingerprint density at radius 3 is 2.26 bits per heavy atom. The molecule has 7 heteroatoms. The van der Waals surface area contributed by atoms with Gasteiger partial charge in [0.15, 0.2) is 0 Å². The lowest BCUT2D eigenvalue weighted by atomic mass is 10.3. The fourth-order valence-electron chi connectivity index (χ4n) is 1.39. The normalized spacial score (nSPS) is 11.2. The van der Waals surface area contributed by atoms with Gasteiger partial charge in [0.1, 0.15) is 5.75 Å². The van der Waals surface area contributed by atoms with Gasteiger partial charge in [-0.15, -0.1) is 13.2 Å². The zero-order valence-corrected chi connectivity index (χ0v) is 9.41. The average molecular weight is 272 g/mol. The molecular formula is C12H8F4N2O. The van der Waals surface area contributed by atoms with Gasteiger partial charge < -0.3 is 10.1 Å². The van der Waals surface area contributed by atoms with Crippen molar-refractivity contribution in [2.45, 2.75) is 6.36 Å². The lowest BCUT2D eigenvalue weighted by molar-refractivity contribution is -0.274. The summed E-state index contributed by atoms with van der Waals surface area (Å²) in [7, 11) is 0. The van der Waals surface area contributed by atoms with E-state index < -0.39 is 12.3 Å². The van der Waals surface area contributed by atoms with Gasteiger partial charge in [-0.25, -0.2) is 4.98 Å². The summed E-state index contributed by atoms with van der Waals surface area (Å²) in [5, 5.41) is 2.82. The van der Waals surface area contributed by atoms with Crippen molar-refractivity contribution in [3.05, 3.63) is 48.5 Å². The number of nitrogens with zero attached hydrogens (tertiary/aromatic N) is 1. The average Bonchev–Trinajstić information content (AvgIpc) is 2.30. The molecule has 100 valence electrons. The van der Waals surface area contributed by atoms with Crippen molar-refractivity contribution < 1.29 is 22.3 Å². The fraction of sp³-hybridized carbons (Fsp3) is 0.0833. The van der Waals surface area contributed by atoms with E-state index in [1.165, 1.54) is 30.5 Å². The van der Waals surface area contributed by atoms with Crippen molar-refractivity contribution >= 4 is 11.4 Å². The predicted octanol–water partition coefficient (Wildman–Crippen LogP) is 3.86. The second kappa shape index (κ2) is 5.13. The van der Waals surface area contributed by atoms with Crippen LogP contribution in [0, 0.1) is 5.95 Å². The van der Waals surface area contributed by atoms with Gasteiger partial charge in [0, 0.05) is 23.6 Å². The maximum Gasteiger partial charge on any atom is 0.573 e. The van der Waals surface area contributed by atoms with Crippen LogP contribution >= 0.6 is 0 Å². The summed E-state index contributed by atoms with van der Waals surface area (Å²) < 4.78 is 52.4. The Labute approximate surface area is 105 Å². The van der Waals surface area contributed by atoms with Crippen molar-refractivity contribution in [1.29, 1.82) is 0 Å². The zero-order chi connectivity index (χ0) is 13.9. The first-order valence-electron chi connectivity index (χ1n) is 5.17. The summed E-state index contributed by atoms with van der Waals surface area (Å²) in [5.74, 6) is -0.971. The molecule has 0 radical (unpaired) electrons. The van der Waals surface area contributed by atoms with Crippen molar-refractivity contribution in [3.8, 4) is 5.75 Å². The number of halogens is 4. The highest BCUT2D eigenvalue weighted by molar-refractivity contribution is 5.59. The second-order valence-electron chi connectivity index (χ2n) is 3.56. The van der Waals surface area contributed by atoms with Crippen LogP contribution in [0.3, 0.4) is 0 Å². The third kappa shape index (κ3) is 4.13. The molecule has 0 aliphatic carbocycles. The first kappa shape index (κ1) is 13.1. The number of aromatic nitrogens is 1. The van der Waals surface area contributed by atoms with Crippen LogP contribution in [0.2, 0.25) is 0 Å². The molecule has 2 aromatic rings. The molecule has 0 fully saturated rings. The highest BCUT2D eigenvalue weighted by atomic mass is 19.4. The number of hydrogen-bond acceptors (Lipinski definition) is 3. The maximum atomic E-state index is 12.8. The Hall–Kier alpha value is -2.31. The molecule has 2 rings (SSSR count).